The molecular weight excluding hydrogens is 483 g/mol. The van der Waals surface area contributed by atoms with Crippen LogP contribution in [-0.4, -0.2) is 34.4 Å². The second-order valence-corrected chi connectivity index (χ2v) is 6.35. The number of guanidine groups is 1. The Balaban J connectivity index is 0.00000300. The van der Waals surface area contributed by atoms with Crippen LogP contribution in [0.4, 0.5) is 0 Å². The summed E-state index contributed by atoms with van der Waals surface area (Å²) in [5.41, 5.74) is 1.10. The van der Waals surface area contributed by atoms with Gasteiger partial charge < -0.3 is 24.4 Å². The van der Waals surface area contributed by atoms with Crippen molar-refractivity contribution in [3.05, 3.63) is 65.6 Å². The Hall–Kier alpha value is -2.56. The zero-order valence-electron chi connectivity index (χ0n) is 16.9. The maximum absolute atomic E-state index is 5.38. The van der Waals surface area contributed by atoms with Gasteiger partial charge in [-0.1, -0.05) is 12.1 Å². The molecule has 0 saturated carbocycles. The SMILES string of the molecule is COc1ccc(CN=C(NCCc2ccco2)NCc2nnc(C)n2C)cc1.I. The van der Waals surface area contributed by atoms with Crippen molar-refractivity contribution in [2.45, 2.75) is 26.4 Å². The standard InChI is InChI=1S/C20H26N6O2.HI/c1-15-24-25-19(26(15)2)14-23-20(21-11-10-18-5-4-12-28-18)22-13-16-6-8-17(27-3)9-7-16;/h4-9,12H,10-11,13-14H2,1-3H3,(H2,21,22,23);1H. The number of halogens is 1. The van der Waals surface area contributed by atoms with E-state index in [4.69, 9.17) is 9.15 Å². The molecule has 0 aliphatic heterocycles. The van der Waals surface area contributed by atoms with E-state index in [1.165, 1.54) is 0 Å². The number of aryl methyl sites for hydroxylation is 1. The number of aromatic nitrogens is 3. The summed E-state index contributed by atoms with van der Waals surface area (Å²) in [5.74, 6) is 4.20. The maximum atomic E-state index is 5.38. The van der Waals surface area contributed by atoms with Crippen molar-refractivity contribution >= 4 is 29.9 Å². The van der Waals surface area contributed by atoms with Crippen molar-refractivity contribution in [2.24, 2.45) is 12.0 Å². The third-order valence-corrected chi connectivity index (χ3v) is 4.42. The normalized spacial score (nSPS) is 11.1. The Bertz CT molecular complexity index is 890. The lowest BCUT2D eigenvalue weighted by Gasteiger charge is -2.12. The molecule has 2 N–H and O–H groups in total. The molecule has 0 radical (unpaired) electrons. The van der Waals surface area contributed by atoms with Gasteiger partial charge in [0.1, 0.15) is 17.3 Å². The van der Waals surface area contributed by atoms with E-state index in [1.807, 2.05) is 54.9 Å². The van der Waals surface area contributed by atoms with Crippen LogP contribution < -0.4 is 15.4 Å². The van der Waals surface area contributed by atoms with Crippen LogP contribution in [0.15, 0.2) is 52.1 Å². The molecule has 2 aromatic heterocycles. The summed E-state index contributed by atoms with van der Waals surface area (Å²) < 4.78 is 12.5. The second-order valence-electron chi connectivity index (χ2n) is 6.35. The molecule has 0 aliphatic rings. The van der Waals surface area contributed by atoms with Crippen LogP contribution in [0.5, 0.6) is 5.75 Å². The van der Waals surface area contributed by atoms with Crippen molar-refractivity contribution in [1.29, 1.82) is 0 Å². The third-order valence-electron chi connectivity index (χ3n) is 4.42. The van der Waals surface area contributed by atoms with Gasteiger partial charge in [0.15, 0.2) is 11.8 Å². The summed E-state index contributed by atoms with van der Waals surface area (Å²) in [4.78, 5) is 4.69. The molecule has 0 fully saturated rings. The Morgan fingerprint density at radius 3 is 2.59 bits per heavy atom. The highest BCUT2D eigenvalue weighted by atomic mass is 127. The first kappa shape index (κ1) is 22.7. The molecule has 0 saturated heterocycles. The summed E-state index contributed by atoms with van der Waals surface area (Å²) in [7, 11) is 3.61. The molecule has 0 atom stereocenters. The number of furan rings is 1. The fourth-order valence-corrected chi connectivity index (χ4v) is 2.60. The van der Waals surface area contributed by atoms with E-state index in [9.17, 15) is 0 Å². The second kappa shape index (κ2) is 11.4. The Morgan fingerprint density at radius 2 is 1.97 bits per heavy atom. The van der Waals surface area contributed by atoms with E-state index in [2.05, 4.69) is 25.8 Å². The highest BCUT2D eigenvalue weighted by Gasteiger charge is 2.07. The van der Waals surface area contributed by atoms with Crippen LogP contribution in [0.25, 0.3) is 0 Å². The average molecular weight is 510 g/mol. The van der Waals surface area contributed by atoms with E-state index >= 15 is 0 Å². The van der Waals surface area contributed by atoms with Gasteiger partial charge in [-0.05, 0) is 36.8 Å². The lowest BCUT2D eigenvalue weighted by molar-refractivity contribution is 0.414. The van der Waals surface area contributed by atoms with Gasteiger partial charge in [0.25, 0.3) is 0 Å². The zero-order valence-corrected chi connectivity index (χ0v) is 19.2. The van der Waals surface area contributed by atoms with Gasteiger partial charge >= 0.3 is 0 Å². The van der Waals surface area contributed by atoms with Crippen LogP contribution in [0.2, 0.25) is 0 Å². The minimum atomic E-state index is 0. The van der Waals surface area contributed by atoms with Crippen molar-refractivity contribution in [3.8, 4) is 5.75 Å². The molecule has 0 spiro atoms. The zero-order chi connectivity index (χ0) is 19.8. The van der Waals surface area contributed by atoms with Crippen molar-refractivity contribution < 1.29 is 9.15 Å². The Labute approximate surface area is 187 Å². The first-order valence-electron chi connectivity index (χ1n) is 9.18. The van der Waals surface area contributed by atoms with Gasteiger partial charge in [0.05, 0.1) is 26.5 Å². The van der Waals surface area contributed by atoms with E-state index < -0.39 is 0 Å². The highest BCUT2D eigenvalue weighted by Crippen LogP contribution is 2.11. The topological polar surface area (TPSA) is 89.5 Å². The lowest BCUT2D eigenvalue weighted by Crippen LogP contribution is -2.38. The van der Waals surface area contributed by atoms with Gasteiger partial charge in [0, 0.05) is 20.0 Å². The first-order chi connectivity index (χ1) is 13.7. The van der Waals surface area contributed by atoms with Crippen LogP contribution in [0, 0.1) is 6.92 Å². The van der Waals surface area contributed by atoms with Gasteiger partial charge in [-0.15, -0.1) is 34.2 Å². The predicted octanol–water partition coefficient (Wildman–Crippen LogP) is 2.82. The molecule has 3 aromatic rings. The van der Waals surface area contributed by atoms with Gasteiger partial charge in [-0.3, -0.25) is 0 Å². The minimum absolute atomic E-state index is 0. The number of aliphatic imine (C=N–C) groups is 1. The van der Waals surface area contributed by atoms with E-state index in [1.54, 1.807) is 13.4 Å². The molecule has 0 unspecified atom stereocenters. The highest BCUT2D eigenvalue weighted by molar-refractivity contribution is 14.0. The predicted molar refractivity (Wildman–Crippen MR) is 123 cm³/mol. The number of hydrogen-bond acceptors (Lipinski definition) is 5. The van der Waals surface area contributed by atoms with Crippen molar-refractivity contribution in [2.75, 3.05) is 13.7 Å². The molecule has 0 bridgehead atoms. The van der Waals surface area contributed by atoms with Crippen LogP contribution in [0.1, 0.15) is 23.0 Å². The molecule has 1 aromatic carbocycles. The summed E-state index contributed by atoms with van der Waals surface area (Å²) in [6, 6.07) is 11.7. The minimum Gasteiger partial charge on any atom is -0.497 e. The smallest absolute Gasteiger partial charge is 0.191 e. The largest absolute Gasteiger partial charge is 0.497 e. The van der Waals surface area contributed by atoms with E-state index in [0.29, 0.717) is 25.6 Å². The van der Waals surface area contributed by atoms with E-state index in [-0.39, 0.29) is 24.0 Å². The number of benzene rings is 1. The molecular formula is C20H27IN6O2. The summed E-state index contributed by atoms with van der Waals surface area (Å²) in [5, 5.41) is 14.9. The fourth-order valence-electron chi connectivity index (χ4n) is 2.60. The van der Waals surface area contributed by atoms with Gasteiger partial charge in [-0.25, -0.2) is 4.99 Å². The van der Waals surface area contributed by atoms with Crippen LogP contribution in [-0.2, 0) is 26.6 Å². The molecule has 0 aliphatic carbocycles. The summed E-state index contributed by atoms with van der Waals surface area (Å²) in [6.07, 6.45) is 2.46. The number of methoxy groups -OCH3 is 1. The average Bonchev–Trinajstić information content (AvgIpc) is 3.35. The monoisotopic (exact) mass is 510 g/mol. The maximum Gasteiger partial charge on any atom is 0.191 e. The third kappa shape index (κ3) is 6.77. The molecule has 2 heterocycles. The number of ether oxygens (including phenoxy) is 1. The quantitative estimate of drug-likeness (QED) is 0.275. The molecule has 0 amide bonds. The molecule has 156 valence electrons. The Morgan fingerprint density at radius 1 is 1.17 bits per heavy atom. The summed E-state index contributed by atoms with van der Waals surface area (Å²) >= 11 is 0. The van der Waals surface area contributed by atoms with Crippen LogP contribution in [0.3, 0.4) is 0 Å². The summed E-state index contributed by atoms with van der Waals surface area (Å²) in [6.45, 7) is 3.72. The van der Waals surface area contributed by atoms with E-state index in [0.717, 1.165) is 35.1 Å². The molecule has 8 nitrogen and oxygen atoms in total. The number of nitrogens with zero attached hydrogens (tertiary/aromatic N) is 4. The molecule has 3 rings (SSSR count). The molecule has 29 heavy (non-hydrogen) atoms. The van der Waals surface area contributed by atoms with Crippen molar-refractivity contribution in [1.82, 2.24) is 25.4 Å². The fraction of sp³-hybridized carbons (Fsp3) is 0.350. The van der Waals surface area contributed by atoms with Gasteiger partial charge in [-0.2, -0.15) is 0 Å². The number of hydrogen-bond donors (Lipinski definition) is 2. The van der Waals surface area contributed by atoms with Gasteiger partial charge in [0.2, 0.25) is 0 Å². The number of nitrogens with one attached hydrogen (secondary N) is 2. The Kier molecular flexibility index (Phi) is 8.97. The van der Waals surface area contributed by atoms with Crippen LogP contribution >= 0.6 is 24.0 Å². The molecule has 9 heteroatoms. The lowest BCUT2D eigenvalue weighted by atomic mass is 10.2. The first-order valence-corrected chi connectivity index (χ1v) is 9.18. The number of rotatable bonds is 8. The van der Waals surface area contributed by atoms with Crippen molar-refractivity contribution in [3.63, 3.8) is 0 Å².